The quantitative estimate of drug-likeness (QED) is 0.603. The molecule has 0 radical (unpaired) electrons. The van der Waals surface area contributed by atoms with Gasteiger partial charge in [-0.1, -0.05) is 34.1 Å². The predicted octanol–water partition coefficient (Wildman–Crippen LogP) is 5.23. The number of benzene rings is 2. The Morgan fingerprint density at radius 1 is 1.00 bits per heavy atom. The van der Waals surface area contributed by atoms with Gasteiger partial charge < -0.3 is 9.30 Å². The number of aromatic nitrogens is 2. The van der Waals surface area contributed by atoms with Crippen molar-refractivity contribution < 1.29 is 17.9 Å². The van der Waals surface area contributed by atoms with Crippen molar-refractivity contribution in [2.24, 2.45) is 0 Å². The van der Waals surface area contributed by atoms with Gasteiger partial charge in [0.15, 0.2) is 11.5 Å². The largest absolute Gasteiger partial charge is 0.486 e. The third kappa shape index (κ3) is 3.79. The van der Waals surface area contributed by atoms with Gasteiger partial charge in [-0.05, 0) is 36.4 Å². The third-order valence-corrected chi connectivity index (χ3v) is 3.81. The highest BCUT2D eigenvalue weighted by Gasteiger charge is 2.35. The van der Waals surface area contributed by atoms with Gasteiger partial charge in [0.2, 0.25) is 0 Å². The van der Waals surface area contributed by atoms with E-state index in [1.807, 2.05) is 0 Å². The van der Waals surface area contributed by atoms with Crippen LogP contribution in [0.1, 0.15) is 11.5 Å². The van der Waals surface area contributed by atoms with Crippen LogP contribution >= 0.6 is 15.9 Å². The van der Waals surface area contributed by atoms with Crippen molar-refractivity contribution in [3.05, 3.63) is 76.8 Å². The average molecular weight is 397 g/mol. The maximum atomic E-state index is 13.0. The Kier molecular flexibility index (Phi) is 4.62. The van der Waals surface area contributed by atoms with Crippen LogP contribution in [-0.4, -0.2) is 9.55 Å². The summed E-state index contributed by atoms with van der Waals surface area (Å²) in [4.78, 5) is 3.69. The molecule has 0 aliphatic rings. The van der Waals surface area contributed by atoms with Gasteiger partial charge >= 0.3 is 6.18 Å². The fourth-order valence-corrected chi connectivity index (χ4v) is 2.41. The van der Waals surface area contributed by atoms with Crippen molar-refractivity contribution >= 4 is 15.9 Å². The monoisotopic (exact) mass is 396 g/mol. The van der Waals surface area contributed by atoms with Crippen LogP contribution < -0.4 is 4.74 Å². The number of para-hydroxylation sites is 1. The first-order chi connectivity index (χ1) is 11.4. The normalized spacial score (nSPS) is 11.5. The van der Waals surface area contributed by atoms with E-state index in [2.05, 4.69) is 20.9 Å². The van der Waals surface area contributed by atoms with E-state index in [1.165, 1.54) is 4.57 Å². The Morgan fingerprint density at radius 2 is 1.67 bits per heavy atom. The molecule has 3 rings (SSSR count). The van der Waals surface area contributed by atoms with E-state index in [0.717, 1.165) is 10.7 Å². The van der Waals surface area contributed by atoms with E-state index in [1.54, 1.807) is 54.6 Å². The van der Waals surface area contributed by atoms with Gasteiger partial charge in [0.1, 0.15) is 12.4 Å². The Bertz CT molecular complexity index is 814. The molecule has 24 heavy (non-hydrogen) atoms. The molecule has 0 amide bonds. The summed E-state index contributed by atoms with van der Waals surface area (Å²) in [6, 6.07) is 15.8. The van der Waals surface area contributed by atoms with Crippen LogP contribution in [0.4, 0.5) is 13.2 Å². The molecule has 0 saturated carbocycles. The van der Waals surface area contributed by atoms with Crippen molar-refractivity contribution in [1.29, 1.82) is 0 Å². The van der Waals surface area contributed by atoms with Crippen LogP contribution in [0.3, 0.4) is 0 Å². The van der Waals surface area contributed by atoms with Crippen LogP contribution in [0.15, 0.2) is 65.3 Å². The minimum absolute atomic E-state index is 0.0768. The van der Waals surface area contributed by atoms with Crippen molar-refractivity contribution in [3.63, 3.8) is 0 Å². The second-order valence-corrected chi connectivity index (χ2v) is 5.90. The maximum Gasteiger partial charge on any atom is 0.434 e. The topological polar surface area (TPSA) is 27.1 Å². The second-order valence-electron chi connectivity index (χ2n) is 4.99. The summed E-state index contributed by atoms with van der Waals surface area (Å²) in [6.07, 6.45) is -3.53. The molecule has 0 atom stereocenters. The van der Waals surface area contributed by atoms with Gasteiger partial charge in [-0.2, -0.15) is 13.2 Å². The molecule has 0 bridgehead atoms. The number of halogens is 4. The van der Waals surface area contributed by atoms with E-state index >= 15 is 0 Å². The average Bonchev–Trinajstić information content (AvgIpc) is 3.00. The third-order valence-electron chi connectivity index (χ3n) is 3.29. The lowest BCUT2D eigenvalue weighted by Crippen LogP contribution is -2.06. The summed E-state index contributed by atoms with van der Waals surface area (Å²) in [5.74, 6) is 0.728. The predicted molar refractivity (Wildman–Crippen MR) is 87.0 cm³/mol. The highest BCUT2D eigenvalue weighted by molar-refractivity contribution is 9.10. The van der Waals surface area contributed by atoms with Gasteiger partial charge in [0.05, 0.1) is 0 Å². The zero-order chi connectivity index (χ0) is 17.2. The molecule has 0 fully saturated rings. The minimum atomic E-state index is -4.51. The van der Waals surface area contributed by atoms with Gasteiger partial charge in [0, 0.05) is 16.4 Å². The van der Waals surface area contributed by atoms with Gasteiger partial charge in [-0.15, -0.1) is 0 Å². The van der Waals surface area contributed by atoms with E-state index in [0.29, 0.717) is 11.4 Å². The highest BCUT2D eigenvalue weighted by atomic mass is 79.9. The van der Waals surface area contributed by atoms with E-state index in [-0.39, 0.29) is 12.4 Å². The molecule has 0 spiro atoms. The fourth-order valence-electron chi connectivity index (χ4n) is 2.15. The summed E-state index contributed by atoms with van der Waals surface area (Å²) in [7, 11) is 0. The molecule has 0 N–H and O–H groups in total. The highest BCUT2D eigenvalue weighted by Crippen LogP contribution is 2.30. The number of imidazole rings is 1. The smallest absolute Gasteiger partial charge is 0.434 e. The number of hydrogen-bond donors (Lipinski definition) is 0. The summed E-state index contributed by atoms with van der Waals surface area (Å²) < 4.78 is 46.8. The van der Waals surface area contributed by atoms with Crippen molar-refractivity contribution in [3.8, 4) is 11.4 Å². The number of ether oxygens (including phenoxy) is 1. The maximum absolute atomic E-state index is 13.0. The zero-order valence-electron chi connectivity index (χ0n) is 12.3. The Labute approximate surface area is 144 Å². The van der Waals surface area contributed by atoms with Gasteiger partial charge in [-0.25, -0.2) is 4.98 Å². The standard InChI is InChI=1S/C17H12BrF3N2O/c18-12-6-8-14(9-7-12)24-11-16-22-15(17(19,20)21)10-23(16)13-4-2-1-3-5-13/h1-10H,11H2. The zero-order valence-corrected chi connectivity index (χ0v) is 13.9. The molecule has 124 valence electrons. The molecule has 1 heterocycles. The van der Waals surface area contributed by atoms with Crippen LogP contribution in [0.25, 0.3) is 5.69 Å². The molecule has 7 heteroatoms. The van der Waals surface area contributed by atoms with E-state index in [9.17, 15) is 13.2 Å². The Balaban J connectivity index is 1.90. The number of alkyl halides is 3. The molecule has 0 unspecified atom stereocenters. The molecular formula is C17H12BrF3N2O. The van der Waals surface area contributed by atoms with E-state index in [4.69, 9.17) is 4.74 Å². The fraction of sp³-hybridized carbons (Fsp3) is 0.118. The minimum Gasteiger partial charge on any atom is -0.486 e. The molecule has 3 aromatic rings. The lowest BCUT2D eigenvalue weighted by Gasteiger charge is -2.09. The first kappa shape index (κ1) is 16.6. The molecule has 0 aliphatic heterocycles. The molecule has 1 aromatic heterocycles. The summed E-state index contributed by atoms with van der Waals surface area (Å²) in [5.41, 5.74) is -0.351. The van der Waals surface area contributed by atoms with Crippen LogP contribution in [0.5, 0.6) is 5.75 Å². The van der Waals surface area contributed by atoms with Gasteiger partial charge in [-0.3, -0.25) is 0 Å². The van der Waals surface area contributed by atoms with Crippen LogP contribution in [0.2, 0.25) is 0 Å². The summed E-state index contributed by atoms with van der Waals surface area (Å²) in [5, 5.41) is 0. The number of nitrogens with zero attached hydrogens (tertiary/aromatic N) is 2. The number of hydrogen-bond acceptors (Lipinski definition) is 2. The Morgan fingerprint density at radius 3 is 2.29 bits per heavy atom. The molecular weight excluding hydrogens is 385 g/mol. The SMILES string of the molecule is FC(F)(F)c1cn(-c2ccccc2)c(COc2ccc(Br)cc2)n1. The lowest BCUT2D eigenvalue weighted by atomic mass is 10.3. The molecule has 3 nitrogen and oxygen atoms in total. The van der Waals surface area contributed by atoms with Crippen molar-refractivity contribution in [2.75, 3.05) is 0 Å². The van der Waals surface area contributed by atoms with Crippen LogP contribution in [-0.2, 0) is 12.8 Å². The first-order valence-electron chi connectivity index (χ1n) is 7.03. The molecule has 2 aromatic carbocycles. The molecule has 0 saturated heterocycles. The van der Waals surface area contributed by atoms with Crippen molar-refractivity contribution in [1.82, 2.24) is 9.55 Å². The van der Waals surface area contributed by atoms with Crippen LogP contribution in [0, 0.1) is 0 Å². The summed E-state index contributed by atoms with van der Waals surface area (Å²) >= 11 is 3.31. The first-order valence-corrected chi connectivity index (χ1v) is 7.82. The van der Waals surface area contributed by atoms with Gasteiger partial charge in [0.25, 0.3) is 0 Å². The second kappa shape index (κ2) is 6.68. The Hall–Kier alpha value is -2.28. The molecule has 0 aliphatic carbocycles. The van der Waals surface area contributed by atoms with Crippen molar-refractivity contribution in [2.45, 2.75) is 12.8 Å². The van der Waals surface area contributed by atoms with E-state index < -0.39 is 11.9 Å². The number of rotatable bonds is 4. The summed E-state index contributed by atoms with van der Waals surface area (Å²) in [6.45, 7) is -0.0768. The lowest BCUT2D eigenvalue weighted by molar-refractivity contribution is -0.141.